The minimum absolute atomic E-state index is 0. The molecule has 0 aliphatic carbocycles. The van der Waals surface area contributed by atoms with Crippen LogP contribution in [0.1, 0.15) is 10.4 Å². The fourth-order valence-electron chi connectivity index (χ4n) is 0.646. The van der Waals surface area contributed by atoms with Crippen LogP contribution in [-0.4, -0.2) is 42.7 Å². The normalized spacial score (nSPS) is 11.4. The third kappa shape index (κ3) is 8.28. The standard InChI is InChI=1S/C7H6O3.CH10OSi3.Na/c8-6-4-2-1-3-5(6)7(9)10;1-5(2)4-3;/h1-4,8H,(H,9,10);2,5H,4H2,1,3H3;/q;;+1/p-1. The Morgan fingerprint density at radius 3 is 2.19 bits per heavy atom. The maximum Gasteiger partial charge on any atom is 1.00 e. The smallest absolute Gasteiger partial charge is 0.545 e. The van der Waals surface area contributed by atoms with Crippen molar-refractivity contribution in [3.05, 3.63) is 29.8 Å². The van der Waals surface area contributed by atoms with Gasteiger partial charge in [-0.15, -0.1) is 0 Å². The van der Waals surface area contributed by atoms with E-state index in [2.05, 4.69) is 0 Å². The Morgan fingerprint density at radius 2 is 1.94 bits per heavy atom. The van der Waals surface area contributed by atoms with E-state index in [1.807, 2.05) is 6.55 Å². The van der Waals surface area contributed by atoms with Gasteiger partial charge in [0.05, 0.1) is 5.97 Å². The third-order valence-corrected chi connectivity index (χ3v) is 17.1. The Bertz CT molecular complexity index is 322. The van der Waals surface area contributed by atoms with Gasteiger partial charge in [-0.3, -0.25) is 0 Å². The molecule has 0 amide bonds. The molecule has 0 heterocycles. The summed E-state index contributed by atoms with van der Waals surface area (Å²) in [6.07, 6.45) is 0. The molecule has 4 nitrogen and oxygen atoms in total. The molecule has 0 aliphatic heterocycles. The summed E-state index contributed by atoms with van der Waals surface area (Å²) >= 11 is 0. The molecule has 2 N–H and O–H groups in total. The van der Waals surface area contributed by atoms with Gasteiger partial charge in [-0.05, 0) is 21.9 Å². The van der Waals surface area contributed by atoms with Crippen LogP contribution in [-0.2, 0) is 0 Å². The number of carbonyl (C=O) groups excluding carboxylic acids is 1. The fourth-order valence-corrected chi connectivity index (χ4v) is 0.646. The van der Waals surface area contributed by atoms with E-state index in [0.717, 1.165) is 0 Å². The number of aromatic carboxylic acids is 1. The van der Waals surface area contributed by atoms with E-state index in [4.69, 9.17) is 9.90 Å². The molecular formula is C8H15NaO4Si3. The van der Waals surface area contributed by atoms with Crippen LogP contribution >= 0.6 is 0 Å². The van der Waals surface area contributed by atoms with Gasteiger partial charge in [0.25, 0.3) is 0 Å². The first-order valence-electron chi connectivity index (χ1n) is 4.66. The number of hydrogen-bond acceptors (Lipinski definition) is 4. The number of carboxylic acid groups (broad SMARTS) is 1. The predicted molar refractivity (Wildman–Crippen MR) is 66.2 cm³/mol. The largest absolute Gasteiger partial charge is 1.00 e. The van der Waals surface area contributed by atoms with Crippen LogP contribution in [0.2, 0.25) is 6.55 Å². The van der Waals surface area contributed by atoms with Crippen molar-refractivity contribution in [2.45, 2.75) is 6.55 Å². The summed E-state index contributed by atoms with van der Waals surface area (Å²) in [5.74, 6) is -1.62. The Balaban J connectivity index is 0. The molecule has 1 unspecified atom stereocenters. The summed E-state index contributed by atoms with van der Waals surface area (Å²) in [6.45, 7) is 2.01. The van der Waals surface area contributed by atoms with E-state index in [0.29, 0.717) is 0 Å². The van der Waals surface area contributed by atoms with Gasteiger partial charge in [0.2, 0.25) is 0 Å². The Morgan fingerprint density at radius 1 is 1.50 bits per heavy atom. The minimum Gasteiger partial charge on any atom is -0.545 e. The summed E-state index contributed by atoms with van der Waals surface area (Å²) in [5, 5.41) is 19.0. The molecule has 0 saturated heterocycles. The van der Waals surface area contributed by atoms with E-state index >= 15 is 0 Å². The van der Waals surface area contributed by atoms with Crippen molar-refractivity contribution in [3.63, 3.8) is 0 Å². The molecular weight excluding hydrogens is 267 g/mol. The molecule has 0 fully saturated rings. The molecule has 8 heteroatoms. The van der Waals surface area contributed by atoms with Gasteiger partial charge >= 0.3 is 29.6 Å². The monoisotopic (exact) mass is 282 g/mol. The second-order valence-electron chi connectivity index (χ2n) is 3.06. The first-order chi connectivity index (χ1) is 6.99. The molecule has 0 aliphatic rings. The van der Waals surface area contributed by atoms with Crippen LogP contribution in [0.4, 0.5) is 0 Å². The molecule has 1 rings (SSSR count). The van der Waals surface area contributed by atoms with Crippen molar-refractivity contribution in [1.82, 2.24) is 0 Å². The van der Waals surface area contributed by atoms with Gasteiger partial charge in [0, 0.05) is 14.1 Å². The van der Waals surface area contributed by atoms with E-state index in [1.54, 1.807) is 6.07 Å². The maximum atomic E-state index is 10.2. The van der Waals surface area contributed by atoms with Crippen LogP contribution in [0, 0.1) is 0 Å². The number of hydrogen-bond donors (Lipinski definition) is 2. The zero-order chi connectivity index (χ0) is 11.8. The molecule has 0 radical (unpaired) electrons. The molecule has 1 aromatic rings. The molecule has 16 heavy (non-hydrogen) atoms. The molecule has 1 aromatic carbocycles. The van der Waals surface area contributed by atoms with Crippen molar-refractivity contribution in [2.24, 2.45) is 0 Å². The topological polar surface area (TPSA) is 80.6 Å². The summed E-state index contributed by atoms with van der Waals surface area (Å²) < 4.78 is 0. The summed E-state index contributed by atoms with van der Waals surface area (Å²) in [6, 6.07) is 5.64. The molecule has 84 valence electrons. The Kier molecular flexibility index (Phi) is 11.8. The van der Waals surface area contributed by atoms with Crippen molar-refractivity contribution >= 4 is 32.8 Å². The third-order valence-electron chi connectivity index (χ3n) is 1.71. The molecule has 0 bridgehead atoms. The molecule has 0 aromatic heterocycles. The molecule has 0 saturated carbocycles. The number of carbonyl (C=O) groups is 1. The van der Waals surface area contributed by atoms with Crippen LogP contribution < -0.4 is 34.7 Å². The van der Waals surface area contributed by atoms with E-state index in [9.17, 15) is 9.90 Å². The average molecular weight is 282 g/mol. The average Bonchev–Trinajstić information content (AvgIpc) is 2.19. The number of benzene rings is 1. The summed E-state index contributed by atoms with van der Waals surface area (Å²) in [7, 11) is 0.557. The first kappa shape index (κ1) is 18.5. The Hall–Kier alpha value is 0.101. The number of phenols is 1. The first-order valence-corrected chi connectivity index (χ1v) is 15.3. The van der Waals surface area contributed by atoms with E-state index in [-0.39, 0.29) is 49.4 Å². The van der Waals surface area contributed by atoms with Crippen LogP contribution in [0.3, 0.4) is 0 Å². The predicted octanol–water partition coefficient (Wildman–Crippen LogP) is -5.96. The van der Waals surface area contributed by atoms with Crippen molar-refractivity contribution in [2.75, 3.05) is 0 Å². The Labute approximate surface area is 124 Å². The maximum absolute atomic E-state index is 10.2. The number of para-hydroxylation sites is 1. The quantitative estimate of drug-likeness (QED) is 0.529. The van der Waals surface area contributed by atoms with Gasteiger partial charge in [0.15, 0.2) is 0 Å². The van der Waals surface area contributed by atoms with Gasteiger partial charge in [-0.2, -0.15) is 0 Å². The van der Waals surface area contributed by atoms with Gasteiger partial charge in [0.1, 0.15) is 14.3 Å². The van der Waals surface area contributed by atoms with Gasteiger partial charge in [-0.1, -0.05) is 18.7 Å². The second-order valence-corrected chi connectivity index (χ2v) is 18.9. The van der Waals surface area contributed by atoms with E-state index < -0.39 is 14.5 Å². The SMILES string of the molecule is C[SiH](O)[SiH2][SiH3].O=C([O-])c1ccccc1O.[Na+]. The van der Waals surface area contributed by atoms with Crippen molar-refractivity contribution in [1.29, 1.82) is 0 Å². The van der Waals surface area contributed by atoms with Crippen LogP contribution in [0.25, 0.3) is 0 Å². The van der Waals surface area contributed by atoms with Crippen LogP contribution in [0.15, 0.2) is 24.3 Å². The van der Waals surface area contributed by atoms with Crippen molar-refractivity contribution in [3.8, 4) is 5.75 Å². The van der Waals surface area contributed by atoms with E-state index in [1.165, 1.54) is 28.0 Å². The number of rotatable bonds is 2. The van der Waals surface area contributed by atoms with Crippen LogP contribution in [0.5, 0.6) is 5.75 Å². The second kappa shape index (κ2) is 10.3. The van der Waals surface area contributed by atoms with Gasteiger partial charge < -0.3 is 19.8 Å². The molecule has 1 atom stereocenters. The summed E-state index contributed by atoms with van der Waals surface area (Å²) in [5.41, 5.74) is -0.178. The number of aromatic hydroxyl groups is 1. The zero-order valence-electron chi connectivity index (χ0n) is 9.80. The van der Waals surface area contributed by atoms with Crippen molar-refractivity contribution < 1.29 is 49.4 Å². The summed E-state index contributed by atoms with van der Waals surface area (Å²) in [4.78, 5) is 18.7. The zero-order valence-corrected chi connectivity index (χ0v) is 16.4. The molecule has 0 spiro atoms. The minimum atomic E-state index is -1.36. The van der Waals surface area contributed by atoms with Gasteiger partial charge in [-0.25, -0.2) is 0 Å². The fraction of sp³-hybridized carbons (Fsp3) is 0.125. The number of carboxylic acids is 1.